The van der Waals surface area contributed by atoms with Crippen LogP contribution in [0.1, 0.15) is 33.6 Å². The highest BCUT2D eigenvalue weighted by Gasteiger charge is 2.28. The molecule has 1 heterocycles. The molecule has 112 valence electrons. The van der Waals surface area contributed by atoms with E-state index in [1.165, 1.54) is 0 Å². The molecule has 1 fully saturated rings. The number of nitrogens with zero attached hydrogens (tertiary/aromatic N) is 1. The monoisotopic (exact) mass is 272 g/mol. The van der Waals surface area contributed by atoms with Crippen LogP contribution < -0.4 is 5.32 Å². The summed E-state index contributed by atoms with van der Waals surface area (Å²) in [6.07, 6.45) is 1.77. The van der Waals surface area contributed by atoms with Crippen LogP contribution in [0.25, 0.3) is 0 Å². The van der Waals surface area contributed by atoms with Crippen molar-refractivity contribution in [2.45, 2.75) is 39.7 Å². The Morgan fingerprint density at radius 2 is 2.05 bits per heavy atom. The first-order valence-electron chi connectivity index (χ1n) is 7.08. The Hall–Kier alpha value is -0.650. The van der Waals surface area contributed by atoms with Gasteiger partial charge in [-0.2, -0.15) is 0 Å². The zero-order chi connectivity index (χ0) is 14.5. The Balaban J connectivity index is 2.51. The molecule has 1 rings (SSSR count). The first kappa shape index (κ1) is 16.4. The lowest BCUT2D eigenvalue weighted by molar-refractivity contribution is -0.138. The first-order valence-corrected chi connectivity index (χ1v) is 7.08. The first-order chi connectivity index (χ1) is 8.80. The van der Waals surface area contributed by atoms with Crippen LogP contribution in [0.4, 0.5) is 0 Å². The molecule has 0 aromatic rings. The van der Waals surface area contributed by atoms with Crippen molar-refractivity contribution in [1.82, 2.24) is 10.2 Å². The van der Waals surface area contributed by atoms with Gasteiger partial charge >= 0.3 is 5.97 Å². The maximum absolute atomic E-state index is 10.8. The number of carboxylic acids is 1. The van der Waals surface area contributed by atoms with Gasteiger partial charge < -0.3 is 15.5 Å². The second kappa shape index (κ2) is 7.22. The normalized spacial score (nSPS) is 25.5. The summed E-state index contributed by atoms with van der Waals surface area (Å²) in [5, 5.41) is 21.5. The largest absolute Gasteiger partial charge is 0.480 e. The molecular formula is C14H28N2O3. The van der Waals surface area contributed by atoms with Crippen molar-refractivity contribution >= 4 is 5.97 Å². The van der Waals surface area contributed by atoms with Crippen LogP contribution >= 0.6 is 0 Å². The number of hydrogen-bond acceptors (Lipinski definition) is 4. The van der Waals surface area contributed by atoms with E-state index in [0.717, 1.165) is 32.5 Å². The van der Waals surface area contributed by atoms with E-state index in [2.05, 4.69) is 26.1 Å². The van der Waals surface area contributed by atoms with E-state index in [4.69, 9.17) is 10.2 Å². The number of hydrogen-bond donors (Lipinski definition) is 3. The molecule has 0 amide bonds. The molecule has 0 bridgehead atoms. The lowest BCUT2D eigenvalue weighted by Crippen LogP contribution is -2.52. The van der Waals surface area contributed by atoms with Gasteiger partial charge in [-0.1, -0.05) is 20.8 Å². The number of likely N-dealkylation sites (tertiary alicyclic amines) is 1. The third-order valence-electron chi connectivity index (χ3n) is 3.43. The molecule has 1 aliphatic heterocycles. The van der Waals surface area contributed by atoms with Crippen molar-refractivity contribution < 1.29 is 15.0 Å². The van der Waals surface area contributed by atoms with E-state index >= 15 is 0 Å². The second-order valence-electron chi connectivity index (χ2n) is 6.84. The van der Waals surface area contributed by atoms with E-state index in [-0.39, 0.29) is 18.6 Å². The summed E-state index contributed by atoms with van der Waals surface area (Å²) in [5.74, 6) is -0.394. The van der Waals surface area contributed by atoms with Gasteiger partial charge in [0.2, 0.25) is 0 Å². The second-order valence-corrected chi connectivity index (χ2v) is 6.84. The molecule has 5 nitrogen and oxygen atoms in total. The molecule has 2 unspecified atom stereocenters. The van der Waals surface area contributed by atoms with E-state index in [0.29, 0.717) is 12.0 Å². The lowest BCUT2D eigenvalue weighted by atomic mass is 9.90. The summed E-state index contributed by atoms with van der Waals surface area (Å²) in [4.78, 5) is 12.8. The number of aliphatic carboxylic acids is 1. The molecule has 3 N–H and O–H groups in total. The predicted octanol–water partition coefficient (Wildman–Crippen LogP) is 0.780. The highest BCUT2D eigenvalue weighted by Crippen LogP contribution is 2.21. The minimum atomic E-state index is -0.779. The maximum atomic E-state index is 10.8. The van der Waals surface area contributed by atoms with Gasteiger partial charge in [-0.25, -0.2) is 0 Å². The average Bonchev–Trinajstić information content (AvgIpc) is 2.24. The Kier molecular flexibility index (Phi) is 6.23. The summed E-state index contributed by atoms with van der Waals surface area (Å²) >= 11 is 0. The Bertz CT molecular complexity index is 289. The number of carbonyl (C=O) groups is 1. The van der Waals surface area contributed by atoms with Crippen LogP contribution in [0.3, 0.4) is 0 Å². The highest BCUT2D eigenvalue weighted by molar-refractivity contribution is 5.69. The molecule has 0 saturated carbocycles. The third kappa shape index (κ3) is 6.89. The van der Waals surface area contributed by atoms with E-state index in [1.807, 2.05) is 4.90 Å². The number of aliphatic hydroxyl groups excluding tert-OH is 1. The van der Waals surface area contributed by atoms with Crippen LogP contribution in [-0.2, 0) is 4.79 Å². The highest BCUT2D eigenvalue weighted by atomic mass is 16.4. The molecule has 0 radical (unpaired) electrons. The van der Waals surface area contributed by atoms with Crippen LogP contribution in [0, 0.1) is 11.3 Å². The molecule has 0 aliphatic carbocycles. The smallest absolute Gasteiger partial charge is 0.317 e. The van der Waals surface area contributed by atoms with E-state index in [1.54, 1.807) is 0 Å². The van der Waals surface area contributed by atoms with Gasteiger partial charge in [-0.15, -0.1) is 0 Å². The van der Waals surface area contributed by atoms with Gasteiger partial charge in [0.25, 0.3) is 0 Å². The number of aliphatic hydroxyl groups is 1. The van der Waals surface area contributed by atoms with Crippen molar-refractivity contribution in [1.29, 1.82) is 0 Å². The van der Waals surface area contributed by atoms with Crippen LogP contribution in [-0.4, -0.2) is 59.9 Å². The van der Waals surface area contributed by atoms with Crippen LogP contribution in [0.5, 0.6) is 0 Å². The summed E-state index contributed by atoms with van der Waals surface area (Å²) in [6.45, 7) is 9.30. The van der Waals surface area contributed by atoms with E-state index in [9.17, 15) is 4.79 Å². The van der Waals surface area contributed by atoms with Gasteiger partial charge in [0.1, 0.15) is 0 Å². The van der Waals surface area contributed by atoms with Crippen molar-refractivity contribution in [3.05, 3.63) is 0 Å². The van der Waals surface area contributed by atoms with Gasteiger partial charge in [0, 0.05) is 32.3 Å². The van der Waals surface area contributed by atoms with Crippen molar-refractivity contribution in [2.75, 3.05) is 32.8 Å². The summed E-state index contributed by atoms with van der Waals surface area (Å²) in [5.41, 5.74) is 0.224. The molecule has 0 aromatic heterocycles. The molecule has 2 atom stereocenters. The van der Waals surface area contributed by atoms with Crippen molar-refractivity contribution in [2.24, 2.45) is 11.3 Å². The molecule has 0 aromatic carbocycles. The quantitative estimate of drug-likeness (QED) is 0.666. The van der Waals surface area contributed by atoms with Crippen molar-refractivity contribution in [3.8, 4) is 0 Å². The summed E-state index contributed by atoms with van der Waals surface area (Å²) in [7, 11) is 0. The third-order valence-corrected chi connectivity index (χ3v) is 3.43. The summed E-state index contributed by atoms with van der Waals surface area (Å²) < 4.78 is 0. The Labute approximate surface area is 116 Å². The molecular weight excluding hydrogens is 244 g/mol. The van der Waals surface area contributed by atoms with E-state index < -0.39 is 5.97 Å². The molecule has 1 aliphatic rings. The topological polar surface area (TPSA) is 72.8 Å². The Morgan fingerprint density at radius 1 is 1.37 bits per heavy atom. The van der Waals surface area contributed by atoms with Gasteiger partial charge in [-0.3, -0.25) is 9.69 Å². The number of nitrogens with one attached hydrogen (secondary N) is 1. The van der Waals surface area contributed by atoms with Gasteiger partial charge in [0.05, 0.1) is 6.54 Å². The minimum Gasteiger partial charge on any atom is -0.480 e. The Morgan fingerprint density at radius 3 is 2.58 bits per heavy atom. The molecule has 1 saturated heterocycles. The fourth-order valence-electron chi connectivity index (χ4n) is 2.61. The number of rotatable bonds is 6. The fraction of sp³-hybridized carbons (Fsp3) is 0.929. The standard InChI is InChI=1S/C14H28N2O3/c1-14(2,3)10-15-12-6-11(4-5-17)7-16(8-12)9-13(18)19/h11-12,15,17H,4-10H2,1-3H3,(H,18,19). The number of piperidine rings is 1. The number of carboxylic acid groups (broad SMARTS) is 1. The molecule has 5 heteroatoms. The zero-order valence-electron chi connectivity index (χ0n) is 12.4. The van der Waals surface area contributed by atoms with Crippen LogP contribution in [0.2, 0.25) is 0 Å². The SMILES string of the molecule is CC(C)(C)CNC1CC(CCO)CN(CC(=O)O)C1. The molecule has 19 heavy (non-hydrogen) atoms. The summed E-state index contributed by atoms with van der Waals surface area (Å²) in [6, 6.07) is 0.323. The minimum absolute atomic E-state index is 0.0929. The zero-order valence-corrected chi connectivity index (χ0v) is 12.4. The average molecular weight is 272 g/mol. The molecule has 0 spiro atoms. The maximum Gasteiger partial charge on any atom is 0.317 e. The van der Waals surface area contributed by atoms with Crippen LogP contribution in [0.15, 0.2) is 0 Å². The fourth-order valence-corrected chi connectivity index (χ4v) is 2.61. The predicted molar refractivity (Wildman–Crippen MR) is 75.1 cm³/mol. The van der Waals surface area contributed by atoms with Crippen molar-refractivity contribution in [3.63, 3.8) is 0 Å². The van der Waals surface area contributed by atoms with Gasteiger partial charge in [-0.05, 0) is 24.2 Å². The lowest BCUT2D eigenvalue weighted by Gasteiger charge is -2.38. The van der Waals surface area contributed by atoms with Gasteiger partial charge in [0.15, 0.2) is 0 Å².